The predicted octanol–water partition coefficient (Wildman–Crippen LogP) is 3.20. The lowest BCUT2D eigenvalue weighted by Crippen LogP contribution is -2.24. The van der Waals surface area contributed by atoms with E-state index in [2.05, 4.69) is 10.3 Å². The molecule has 0 aliphatic rings. The Morgan fingerprint density at radius 3 is 2.68 bits per heavy atom. The van der Waals surface area contributed by atoms with Gasteiger partial charge in [0.15, 0.2) is 0 Å². The van der Waals surface area contributed by atoms with Gasteiger partial charge in [0.05, 0.1) is 24.4 Å². The second kappa shape index (κ2) is 7.93. The van der Waals surface area contributed by atoms with E-state index >= 15 is 0 Å². The Balaban J connectivity index is 1.74. The van der Waals surface area contributed by atoms with Crippen LogP contribution in [0, 0.1) is 20.8 Å². The normalized spacial score (nSPS) is 10.9. The fourth-order valence-electron chi connectivity index (χ4n) is 2.97. The molecule has 0 spiro atoms. The number of methoxy groups -OCH3 is 1. The van der Waals surface area contributed by atoms with Crippen molar-refractivity contribution in [1.82, 2.24) is 9.55 Å². The van der Waals surface area contributed by atoms with E-state index in [1.807, 2.05) is 13.8 Å². The van der Waals surface area contributed by atoms with Crippen LogP contribution in [0.5, 0.6) is 0 Å². The van der Waals surface area contributed by atoms with Gasteiger partial charge in [-0.3, -0.25) is 14.2 Å². The number of aromatic nitrogens is 2. The van der Waals surface area contributed by atoms with Gasteiger partial charge in [-0.1, -0.05) is 6.07 Å². The van der Waals surface area contributed by atoms with Crippen LogP contribution in [0.2, 0.25) is 0 Å². The second-order valence-electron chi connectivity index (χ2n) is 6.47. The summed E-state index contributed by atoms with van der Waals surface area (Å²) in [7, 11) is 1.31. The first-order chi connectivity index (χ1) is 13.3. The molecule has 0 unspecified atom stereocenters. The van der Waals surface area contributed by atoms with Crippen molar-refractivity contribution in [2.75, 3.05) is 12.4 Å². The van der Waals surface area contributed by atoms with Crippen LogP contribution >= 0.6 is 11.3 Å². The number of carbonyl (C=O) groups is 2. The number of hydrogen-bond donors (Lipinski definition) is 1. The van der Waals surface area contributed by atoms with Gasteiger partial charge in [-0.15, -0.1) is 11.3 Å². The molecule has 7 nitrogen and oxygen atoms in total. The minimum absolute atomic E-state index is 0.108. The number of nitrogens with one attached hydrogen (secondary N) is 1. The monoisotopic (exact) mass is 399 g/mol. The van der Waals surface area contributed by atoms with Crippen LogP contribution < -0.4 is 10.9 Å². The molecule has 0 bridgehead atoms. The molecule has 0 atom stereocenters. The first-order valence-electron chi connectivity index (χ1n) is 8.76. The summed E-state index contributed by atoms with van der Waals surface area (Å²) in [5.41, 5.74) is 2.37. The van der Waals surface area contributed by atoms with Crippen molar-refractivity contribution in [2.24, 2.45) is 0 Å². The van der Waals surface area contributed by atoms with Crippen LogP contribution in [0.15, 0.2) is 29.3 Å². The topological polar surface area (TPSA) is 90.3 Å². The van der Waals surface area contributed by atoms with Crippen LogP contribution in [0.4, 0.5) is 5.69 Å². The van der Waals surface area contributed by atoms with Gasteiger partial charge >= 0.3 is 5.97 Å². The van der Waals surface area contributed by atoms with Gasteiger partial charge in [-0.05, 0) is 44.0 Å². The predicted molar refractivity (Wildman–Crippen MR) is 109 cm³/mol. The summed E-state index contributed by atoms with van der Waals surface area (Å²) in [5, 5.41) is 3.41. The number of anilines is 1. The van der Waals surface area contributed by atoms with Crippen molar-refractivity contribution in [1.29, 1.82) is 0 Å². The lowest BCUT2D eigenvalue weighted by atomic mass is 10.1. The zero-order valence-electron chi connectivity index (χ0n) is 16.2. The molecule has 0 aliphatic carbocycles. The molecule has 0 aliphatic heterocycles. The summed E-state index contributed by atoms with van der Waals surface area (Å²) in [5.74, 6) is -0.712. The minimum Gasteiger partial charge on any atom is -0.465 e. The number of rotatable bonds is 5. The molecule has 28 heavy (non-hydrogen) atoms. The molecule has 0 radical (unpaired) electrons. The fraction of sp³-hybridized carbons (Fsp3) is 0.300. The maximum atomic E-state index is 12.7. The molecule has 0 saturated heterocycles. The van der Waals surface area contributed by atoms with Gasteiger partial charge in [0, 0.05) is 23.5 Å². The summed E-state index contributed by atoms with van der Waals surface area (Å²) in [6.45, 7) is 5.83. The summed E-state index contributed by atoms with van der Waals surface area (Å²) >= 11 is 1.49. The van der Waals surface area contributed by atoms with Gasteiger partial charge < -0.3 is 10.1 Å². The van der Waals surface area contributed by atoms with Crippen molar-refractivity contribution in [3.8, 4) is 0 Å². The molecule has 3 aromatic rings. The standard InChI is InChI=1S/C20H21N3O4S/c1-11-13(3)28-18-17(11)19(25)23(10-21-18)9-8-16(24)22-15-7-5-6-14(12(15)2)20(26)27-4/h5-7,10H,8-9H2,1-4H3,(H,22,24). The molecule has 1 aromatic carbocycles. The number of hydrogen-bond acceptors (Lipinski definition) is 6. The maximum Gasteiger partial charge on any atom is 0.338 e. The summed E-state index contributed by atoms with van der Waals surface area (Å²) in [4.78, 5) is 43.0. The minimum atomic E-state index is -0.457. The third-order valence-electron chi connectivity index (χ3n) is 4.75. The highest BCUT2D eigenvalue weighted by molar-refractivity contribution is 7.18. The van der Waals surface area contributed by atoms with E-state index in [0.29, 0.717) is 22.2 Å². The molecule has 1 N–H and O–H groups in total. The first kappa shape index (κ1) is 19.8. The van der Waals surface area contributed by atoms with Crippen molar-refractivity contribution >= 4 is 39.1 Å². The first-order valence-corrected chi connectivity index (χ1v) is 9.58. The summed E-state index contributed by atoms with van der Waals surface area (Å²) in [6, 6.07) is 5.04. The molecule has 1 amide bonds. The van der Waals surface area contributed by atoms with Crippen LogP contribution in [0.25, 0.3) is 10.2 Å². The smallest absolute Gasteiger partial charge is 0.338 e. The Morgan fingerprint density at radius 2 is 1.96 bits per heavy atom. The van der Waals surface area contributed by atoms with Crippen LogP contribution in [0.1, 0.15) is 32.8 Å². The van der Waals surface area contributed by atoms with Crippen molar-refractivity contribution in [3.63, 3.8) is 0 Å². The molecule has 8 heteroatoms. The lowest BCUT2D eigenvalue weighted by Gasteiger charge is -2.12. The molecule has 146 valence electrons. The third-order valence-corrected chi connectivity index (χ3v) is 5.86. The highest BCUT2D eigenvalue weighted by Gasteiger charge is 2.15. The van der Waals surface area contributed by atoms with E-state index < -0.39 is 5.97 Å². The van der Waals surface area contributed by atoms with Gasteiger partial charge in [-0.2, -0.15) is 0 Å². The number of fused-ring (bicyclic) bond motifs is 1. The van der Waals surface area contributed by atoms with E-state index in [1.165, 1.54) is 29.3 Å². The van der Waals surface area contributed by atoms with Crippen LogP contribution in [-0.4, -0.2) is 28.5 Å². The average Bonchev–Trinajstić information content (AvgIpc) is 2.97. The molecule has 0 saturated carbocycles. The van der Waals surface area contributed by atoms with E-state index in [1.54, 1.807) is 25.1 Å². The van der Waals surface area contributed by atoms with E-state index in [4.69, 9.17) is 4.74 Å². The van der Waals surface area contributed by atoms with Crippen molar-refractivity contribution in [2.45, 2.75) is 33.7 Å². The van der Waals surface area contributed by atoms with Crippen molar-refractivity contribution in [3.05, 3.63) is 56.4 Å². The number of esters is 1. The quantitative estimate of drug-likeness (QED) is 0.666. The van der Waals surface area contributed by atoms with E-state index in [0.717, 1.165) is 15.3 Å². The highest BCUT2D eigenvalue weighted by Crippen LogP contribution is 2.25. The molecular formula is C20H21N3O4S. The largest absolute Gasteiger partial charge is 0.465 e. The van der Waals surface area contributed by atoms with Gasteiger partial charge in [0.25, 0.3) is 5.56 Å². The maximum absolute atomic E-state index is 12.7. The Labute approximate surface area is 166 Å². The van der Waals surface area contributed by atoms with E-state index in [-0.39, 0.29) is 24.4 Å². The molecular weight excluding hydrogens is 378 g/mol. The zero-order chi connectivity index (χ0) is 20.4. The van der Waals surface area contributed by atoms with Crippen LogP contribution in [-0.2, 0) is 16.1 Å². The molecule has 0 fully saturated rings. The number of thiophene rings is 1. The highest BCUT2D eigenvalue weighted by atomic mass is 32.1. The Kier molecular flexibility index (Phi) is 5.60. The number of aryl methyl sites for hydroxylation is 3. The SMILES string of the molecule is COC(=O)c1cccc(NC(=O)CCn2cnc3sc(C)c(C)c3c2=O)c1C. The molecule has 2 heterocycles. The third kappa shape index (κ3) is 3.68. The Hall–Kier alpha value is -3.00. The summed E-state index contributed by atoms with van der Waals surface area (Å²) < 4.78 is 6.20. The number of ether oxygens (including phenoxy) is 1. The van der Waals surface area contributed by atoms with Crippen molar-refractivity contribution < 1.29 is 14.3 Å². The fourth-order valence-corrected chi connectivity index (χ4v) is 3.95. The summed E-state index contributed by atoms with van der Waals surface area (Å²) in [6.07, 6.45) is 1.59. The second-order valence-corrected chi connectivity index (χ2v) is 7.68. The number of benzene rings is 1. The number of carbonyl (C=O) groups excluding carboxylic acids is 2. The average molecular weight is 399 g/mol. The molecule has 3 rings (SSSR count). The van der Waals surface area contributed by atoms with Gasteiger partial charge in [0.1, 0.15) is 4.83 Å². The number of nitrogens with zero attached hydrogens (tertiary/aromatic N) is 2. The lowest BCUT2D eigenvalue weighted by molar-refractivity contribution is -0.116. The van der Waals surface area contributed by atoms with E-state index in [9.17, 15) is 14.4 Å². The number of amides is 1. The molecule has 2 aromatic heterocycles. The Bertz CT molecular complexity index is 1130. The van der Waals surface area contributed by atoms with Gasteiger partial charge in [-0.25, -0.2) is 9.78 Å². The zero-order valence-corrected chi connectivity index (χ0v) is 17.0. The van der Waals surface area contributed by atoms with Gasteiger partial charge in [0.2, 0.25) is 5.91 Å². The van der Waals surface area contributed by atoms with Crippen LogP contribution in [0.3, 0.4) is 0 Å². The Morgan fingerprint density at radius 1 is 1.21 bits per heavy atom.